The first-order chi connectivity index (χ1) is 18.4. The van der Waals surface area contributed by atoms with E-state index in [9.17, 15) is 4.79 Å². The molecule has 4 rings (SSSR count). The van der Waals surface area contributed by atoms with Crippen LogP contribution in [0.5, 0.6) is 11.5 Å². The highest BCUT2D eigenvalue weighted by Crippen LogP contribution is 2.46. The molecule has 8 heteroatoms. The van der Waals surface area contributed by atoms with Crippen molar-refractivity contribution in [2.45, 2.75) is 83.4 Å². The van der Waals surface area contributed by atoms with Crippen LogP contribution in [0.1, 0.15) is 70.8 Å². The summed E-state index contributed by atoms with van der Waals surface area (Å²) < 4.78 is 23.6. The van der Waals surface area contributed by atoms with Gasteiger partial charge >= 0.3 is 6.09 Å². The van der Waals surface area contributed by atoms with E-state index in [1.807, 2.05) is 71.9 Å². The summed E-state index contributed by atoms with van der Waals surface area (Å²) in [7, 11) is 0. The fraction of sp³-hybridized carbons (Fsp3) is 0.548. The SMILES string of the molecule is Cc1cc(C2CN=C(C3(C)COC(C)(C)N3C(=O)OC(C)(C)C)S2)ccc1OCCCCOc1ccccc1. The molecule has 2 aromatic rings. The van der Waals surface area contributed by atoms with Crippen LogP contribution in [0.3, 0.4) is 0 Å². The van der Waals surface area contributed by atoms with Crippen LogP contribution in [0.25, 0.3) is 0 Å². The Bertz CT molecular complexity index is 1180. The summed E-state index contributed by atoms with van der Waals surface area (Å²) in [4.78, 5) is 19.8. The van der Waals surface area contributed by atoms with Crippen LogP contribution in [0.2, 0.25) is 0 Å². The minimum Gasteiger partial charge on any atom is -0.494 e. The van der Waals surface area contributed by atoms with Gasteiger partial charge in [0.15, 0.2) is 0 Å². The molecule has 0 aliphatic carbocycles. The van der Waals surface area contributed by atoms with Gasteiger partial charge in [0.2, 0.25) is 0 Å². The molecule has 2 unspecified atom stereocenters. The van der Waals surface area contributed by atoms with E-state index in [2.05, 4.69) is 25.1 Å². The lowest BCUT2D eigenvalue weighted by Gasteiger charge is -2.40. The number of aliphatic imine (C=N–C) groups is 1. The molecule has 7 nitrogen and oxygen atoms in total. The number of unbranched alkanes of at least 4 members (excludes halogenated alkanes) is 1. The highest BCUT2D eigenvalue weighted by molar-refractivity contribution is 8.14. The predicted molar refractivity (Wildman–Crippen MR) is 157 cm³/mol. The zero-order chi connectivity index (χ0) is 28.3. The quantitative estimate of drug-likeness (QED) is 0.306. The summed E-state index contributed by atoms with van der Waals surface area (Å²) in [6.07, 6.45) is 1.47. The maximum Gasteiger partial charge on any atom is 0.413 e. The minimum absolute atomic E-state index is 0.170. The lowest BCUT2D eigenvalue weighted by atomic mass is 10.0. The molecule has 2 aromatic carbocycles. The molecule has 0 bridgehead atoms. The van der Waals surface area contributed by atoms with Gasteiger partial charge in [-0.25, -0.2) is 4.79 Å². The smallest absolute Gasteiger partial charge is 0.413 e. The van der Waals surface area contributed by atoms with Gasteiger partial charge in [0.05, 0.1) is 36.7 Å². The van der Waals surface area contributed by atoms with Crippen molar-refractivity contribution in [3.8, 4) is 11.5 Å². The predicted octanol–water partition coefficient (Wildman–Crippen LogP) is 7.18. The number of carbonyl (C=O) groups excluding carboxylic acids is 1. The number of thioether (sulfide) groups is 1. The van der Waals surface area contributed by atoms with Gasteiger partial charge in [-0.1, -0.05) is 42.1 Å². The molecule has 1 fully saturated rings. The van der Waals surface area contributed by atoms with E-state index in [-0.39, 0.29) is 11.3 Å². The number of carbonyl (C=O) groups is 1. The highest BCUT2D eigenvalue weighted by Gasteiger charge is 2.56. The molecule has 0 spiro atoms. The molecule has 1 amide bonds. The molecule has 2 atom stereocenters. The standard InChI is InChI=1S/C31H42N2O5S/c1-22-19-23(15-16-25(22)36-18-12-11-17-35-24-13-9-8-10-14-24)26-20-32-27(39-26)31(7)21-37-30(5,6)33(31)28(34)38-29(2,3)4/h8-10,13-16,19,26H,11-12,17-18,20-21H2,1-7H3. The van der Waals surface area contributed by atoms with Crippen LogP contribution in [0, 0.1) is 6.92 Å². The fourth-order valence-corrected chi connectivity index (χ4v) is 6.15. The number of nitrogens with zero attached hydrogens (tertiary/aromatic N) is 2. The Kier molecular flexibility index (Phi) is 8.86. The summed E-state index contributed by atoms with van der Waals surface area (Å²) in [6.45, 7) is 15.9. The number of hydrogen-bond donors (Lipinski definition) is 0. The van der Waals surface area contributed by atoms with Crippen molar-refractivity contribution in [3.63, 3.8) is 0 Å². The molecule has 0 N–H and O–H groups in total. The number of hydrogen-bond acceptors (Lipinski definition) is 7. The van der Waals surface area contributed by atoms with Crippen molar-refractivity contribution in [1.29, 1.82) is 0 Å². The summed E-state index contributed by atoms with van der Waals surface area (Å²) >= 11 is 1.71. The molecule has 0 radical (unpaired) electrons. The largest absolute Gasteiger partial charge is 0.494 e. The molecule has 0 aromatic heterocycles. The molecule has 0 saturated carbocycles. The van der Waals surface area contributed by atoms with Crippen LogP contribution in [-0.2, 0) is 9.47 Å². The molecule has 212 valence electrons. The minimum atomic E-state index is -0.790. The summed E-state index contributed by atoms with van der Waals surface area (Å²) in [5.74, 6) is 1.80. The first kappa shape index (κ1) is 29.3. The lowest BCUT2D eigenvalue weighted by molar-refractivity contribution is -0.0641. The van der Waals surface area contributed by atoms with E-state index in [1.165, 1.54) is 5.56 Å². The fourth-order valence-electron chi connectivity index (χ4n) is 4.90. The van der Waals surface area contributed by atoms with Gasteiger partial charge in [0.1, 0.15) is 28.4 Å². The zero-order valence-electron chi connectivity index (χ0n) is 24.3. The van der Waals surface area contributed by atoms with E-state index in [1.54, 1.807) is 16.7 Å². The third-order valence-electron chi connectivity index (χ3n) is 6.81. The summed E-state index contributed by atoms with van der Waals surface area (Å²) in [5, 5.41) is 1.07. The first-order valence-corrected chi connectivity index (χ1v) is 14.6. The van der Waals surface area contributed by atoms with Crippen LogP contribution in [-0.4, -0.2) is 59.3 Å². The van der Waals surface area contributed by atoms with E-state index < -0.39 is 16.9 Å². The maximum absolute atomic E-state index is 13.2. The van der Waals surface area contributed by atoms with Crippen LogP contribution in [0.4, 0.5) is 4.79 Å². The number of amides is 1. The Balaban J connectivity index is 1.31. The van der Waals surface area contributed by atoms with Crippen molar-refractivity contribution in [2.75, 3.05) is 26.4 Å². The van der Waals surface area contributed by atoms with Crippen molar-refractivity contribution < 1.29 is 23.7 Å². The summed E-state index contributed by atoms with van der Waals surface area (Å²) in [5.41, 5.74) is 0.232. The van der Waals surface area contributed by atoms with Gasteiger partial charge in [0.25, 0.3) is 0 Å². The number of benzene rings is 2. The normalized spacial score (nSPS) is 22.5. The van der Waals surface area contributed by atoms with Crippen LogP contribution >= 0.6 is 11.8 Å². The molecule has 39 heavy (non-hydrogen) atoms. The Hall–Kier alpha value is -2.71. The average molecular weight is 555 g/mol. The van der Waals surface area contributed by atoms with E-state index in [4.69, 9.17) is 23.9 Å². The van der Waals surface area contributed by atoms with Gasteiger partial charge in [-0.15, -0.1) is 0 Å². The average Bonchev–Trinajstić information content (AvgIpc) is 3.45. The van der Waals surface area contributed by atoms with Gasteiger partial charge in [-0.05, 0) is 90.6 Å². The Morgan fingerprint density at radius 2 is 1.77 bits per heavy atom. The van der Waals surface area contributed by atoms with Crippen LogP contribution in [0.15, 0.2) is 53.5 Å². The second-order valence-electron chi connectivity index (χ2n) is 11.8. The van der Waals surface area contributed by atoms with E-state index in [0.717, 1.165) is 34.9 Å². The third kappa shape index (κ3) is 7.09. The highest BCUT2D eigenvalue weighted by atomic mass is 32.2. The van der Waals surface area contributed by atoms with Gasteiger partial charge < -0.3 is 18.9 Å². The monoisotopic (exact) mass is 554 g/mol. The first-order valence-electron chi connectivity index (χ1n) is 13.7. The second kappa shape index (κ2) is 11.8. The van der Waals surface area contributed by atoms with Crippen molar-refractivity contribution in [3.05, 3.63) is 59.7 Å². The molecule has 2 heterocycles. The molecular formula is C31H42N2O5S. The summed E-state index contributed by atoms with van der Waals surface area (Å²) in [6, 6.07) is 16.2. The van der Waals surface area contributed by atoms with E-state index in [0.29, 0.717) is 26.4 Å². The lowest BCUT2D eigenvalue weighted by Crippen LogP contribution is -2.58. The van der Waals surface area contributed by atoms with Gasteiger partial charge in [-0.2, -0.15) is 0 Å². The second-order valence-corrected chi connectivity index (χ2v) is 13.0. The molecule has 2 aliphatic rings. The Labute approximate surface area is 237 Å². The van der Waals surface area contributed by atoms with Crippen molar-refractivity contribution >= 4 is 22.9 Å². The van der Waals surface area contributed by atoms with Gasteiger partial charge in [0, 0.05) is 0 Å². The molecule has 2 aliphatic heterocycles. The van der Waals surface area contributed by atoms with Gasteiger partial charge in [-0.3, -0.25) is 9.89 Å². The van der Waals surface area contributed by atoms with E-state index >= 15 is 0 Å². The number of para-hydroxylation sites is 1. The zero-order valence-corrected chi connectivity index (χ0v) is 25.1. The van der Waals surface area contributed by atoms with Crippen molar-refractivity contribution in [2.24, 2.45) is 4.99 Å². The third-order valence-corrected chi connectivity index (χ3v) is 8.31. The Morgan fingerprint density at radius 1 is 1.08 bits per heavy atom. The topological polar surface area (TPSA) is 69.6 Å². The Morgan fingerprint density at radius 3 is 2.44 bits per heavy atom. The number of rotatable bonds is 9. The van der Waals surface area contributed by atoms with Crippen LogP contribution < -0.4 is 9.47 Å². The number of aryl methyl sites for hydroxylation is 1. The number of ether oxygens (including phenoxy) is 4. The maximum atomic E-state index is 13.2. The molecular weight excluding hydrogens is 512 g/mol. The van der Waals surface area contributed by atoms with Crippen molar-refractivity contribution in [1.82, 2.24) is 4.90 Å². The molecule has 1 saturated heterocycles.